The number of nitrogens with zero attached hydrogens (tertiary/aromatic N) is 3. The topological polar surface area (TPSA) is 87.7 Å². The number of carbonyl (C=O) groups is 1. The van der Waals surface area contributed by atoms with E-state index in [1.165, 1.54) is 0 Å². The fraction of sp³-hybridized carbons (Fsp3) is 0.0952. The SMILES string of the molecule is O=C(O)C(F)(F)F.Oc1ccc(Cc2cnc3ncc(-c4ccccc4)cn23)cc1. The van der Waals surface area contributed by atoms with Crippen molar-refractivity contribution < 1.29 is 28.2 Å². The van der Waals surface area contributed by atoms with Crippen molar-refractivity contribution in [1.29, 1.82) is 0 Å². The van der Waals surface area contributed by atoms with Crippen LogP contribution in [0.5, 0.6) is 5.75 Å². The van der Waals surface area contributed by atoms with Crippen molar-refractivity contribution >= 4 is 11.7 Å². The number of hydrogen-bond acceptors (Lipinski definition) is 4. The summed E-state index contributed by atoms with van der Waals surface area (Å²) < 4.78 is 33.8. The van der Waals surface area contributed by atoms with E-state index in [1.54, 1.807) is 12.1 Å². The number of aromatic nitrogens is 3. The lowest BCUT2D eigenvalue weighted by molar-refractivity contribution is -0.192. The number of phenolic OH excluding ortho intramolecular Hbond substituents is 1. The number of phenols is 1. The molecule has 0 bridgehead atoms. The number of hydrogen-bond donors (Lipinski definition) is 2. The number of alkyl halides is 3. The third-order valence-electron chi connectivity index (χ3n) is 4.11. The molecule has 0 saturated carbocycles. The first-order valence-electron chi connectivity index (χ1n) is 8.69. The molecule has 0 aliphatic heterocycles. The van der Waals surface area contributed by atoms with Crippen LogP contribution in [0.25, 0.3) is 16.9 Å². The standard InChI is InChI=1S/C19H15N3O.C2HF3O2/c23-18-8-6-14(7-9-18)10-17-12-21-19-20-11-16(13-22(17)19)15-4-2-1-3-5-15;3-2(4,5)1(6)7/h1-9,11-13,23H,10H2;(H,6,7). The molecule has 2 aromatic carbocycles. The van der Waals surface area contributed by atoms with Crippen LogP contribution < -0.4 is 0 Å². The van der Waals surface area contributed by atoms with Gasteiger partial charge in [-0.2, -0.15) is 13.2 Å². The predicted molar refractivity (Wildman–Crippen MR) is 103 cm³/mol. The quantitative estimate of drug-likeness (QED) is 0.520. The highest BCUT2D eigenvalue weighted by Crippen LogP contribution is 2.20. The Morgan fingerprint density at radius 1 is 0.933 bits per heavy atom. The smallest absolute Gasteiger partial charge is 0.490 e. The first-order valence-corrected chi connectivity index (χ1v) is 8.69. The summed E-state index contributed by atoms with van der Waals surface area (Å²) in [4.78, 5) is 17.7. The molecule has 2 aromatic heterocycles. The molecule has 9 heteroatoms. The van der Waals surface area contributed by atoms with Crippen molar-refractivity contribution in [2.45, 2.75) is 12.6 Å². The van der Waals surface area contributed by atoms with E-state index in [1.807, 2.05) is 47.1 Å². The molecule has 2 N–H and O–H groups in total. The van der Waals surface area contributed by atoms with Crippen molar-refractivity contribution in [2.24, 2.45) is 0 Å². The lowest BCUT2D eigenvalue weighted by atomic mass is 10.1. The first-order chi connectivity index (χ1) is 14.2. The van der Waals surface area contributed by atoms with E-state index < -0.39 is 12.1 Å². The van der Waals surface area contributed by atoms with E-state index in [0.717, 1.165) is 28.8 Å². The summed E-state index contributed by atoms with van der Waals surface area (Å²) in [5.41, 5.74) is 4.37. The van der Waals surface area contributed by atoms with Crippen LogP contribution in [-0.4, -0.2) is 36.7 Å². The van der Waals surface area contributed by atoms with Crippen LogP contribution in [-0.2, 0) is 11.2 Å². The molecule has 0 atom stereocenters. The van der Waals surface area contributed by atoms with Crippen LogP contribution in [0.1, 0.15) is 11.3 Å². The van der Waals surface area contributed by atoms with Gasteiger partial charge in [-0.25, -0.2) is 14.8 Å². The van der Waals surface area contributed by atoms with Gasteiger partial charge in [0.15, 0.2) is 0 Å². The summed E-state index contributed by atoms with van der Waals surface area (Å²) in [5, 5.41) is 16.5. The maximum atomic E-state index is 10.6. The third kappa shape index (κ3) is 5.13. The summed E-state index contributed by atoms with van der Waals surface area (Å²) in [6.07, 6.45) is 1.42. The van der Waals surface area contributed by atoms with Gasteiger partial charge in [-0.1, -0.05) is 42.5 Å². The third-order valence-corrected chi connectivity index (χ3v) is 4.11. The number of aliphatic carboxylic acids is 1. The van der Waals surface area contributed by atoms with Crippen LogP contribution in [0.15, 0.2) is 73.2 Å². The molecular weight excluding hydrogens is 399 g/mol. The van der Waals surface area contributed by atoms with Crippen molar-refractivity contribution in [3.63, 3.8) is 0 Å². The van der Waals surface area contributed by atoms with E-state index in [-0.39, 0.29) is 5.75 Å². The van der Waals surface area contributed by atoms with Crippen molar-refractivity contribution in [3.8, 4) is 16.9 Å². The van der Waals surface area contributed by atoms with Gasteiger partial charge in [0.2, 0.25) is 5.78 Å². The fourth-order valence-electron chi connectivity index (χ4n) is 2.65. The summed E-state index contributed by atoms with van der Waals surface area (Å²) in [6, 6.07) is 17.4. The average Bonchev–Trinajstić information content (AvgIpc) is 3.12. The molecule has 0 radical (unpaired) electrons. The monoisotopic (exact) mass is 415 g/mol. The van der Waals surface area contributed by atoms with Crippen molar-refractivity contribution in [1.82, 2.24) is 14.4 Å². The fourth-order valence-corrected chi connectivity index (χ4v) is 2.65. The molecule has 0 unspecified atom stereocenters. The second kappa shape index (κ2) is 8.64. The number of rotatable bonds is 3. The first kappa shape index (κ1) is 20.8. The second-order valence-electron chi connectivity index (χ2n) is 6.27. The largest absolute Gasteiger partial charge is 0.508 e. The van der Waals surface area contributed by atoms with Gasteiger partial charge in [-0.05, 0) is 23.3 Å². The number of halogens is 3. The number of aromatic hydroxyl groups is 1. The Kier molecular flexibility index (Phi) is 6.01. The maximum absolute atomic E-state index is 10.6. The highest BCUT2D eigenvalue weighted by Gasteiger charge is 2.38. The molecular formula is C21H16F3N3O3. The average molecular weight is 415 g/mol. The van der Waals surface area contributed by atoms with Crippen molar-refractivity contribution in [2.75, 3.05) is 0 Å². The van der Waals surface area contributed by atoms with Crippen molar-refractivity contribution in [3.05, 3.63) is 84.4 Å². The molecule has 0 amide bonds. The van der Waals surface area contributed by atoms with Gasteiger partial charge in [-0.15, -0.1) is 0 Å². The van der Waals surface area contributed by atoms with E-state index in [9.17, 15) is 18.3 Å². The zero-order chi connectivity index (χ0) is 21.7. The number of imidazole rings is 1. The Morgan fingerprint density at radius 3 is 2.13 bits per heavy atom. The van der Waals surface area contributed by atoms with E-state index in [0.29, 0.717) is 5.78 Å². The molecule has 30 heavy (non-hydrogen) atoms. The summed E-state index contributed by atoms with van der Waals surface area (Å²) in [7, 11) is 0. The Bertz CT molecular complexity index is 1140. The Balaban J connectivity index is 0.000000318. The molecule has 4 aromatic rings. The number of carboxylic acids is 1. The second-order valence-corrected chi connectivity index (χ2v) is 6.27. The van der Waals surface area contributed by atoms with E-state index in [4.69, 9.17) is 9.90 Å². The van der Waals surface area contributed by atoms with Gasteiger partial charge in [0.05, 0.1) is 6.20 Å². The van der Waals surface area contributed by atoms with Gasteiger partial charge in [0.25, 0.3) is 0 Å². The van der Waals surface area contributed by atoms with Crippen LogP contribution in [0.4, 0.5) is 13.2 Å². The molecule has 0 aliphatic rings. The van der Waals surface area contributed by atoms with Gasteiger partial charge < -0.3 is 10.2 Å². The number of fused-ring (bicyclic) bond motifs is 1. The summed E-state index contributed by atoms with van der Waals surface area (Å²) in [6.45, 7) is 0. The van der Waals surface area contributed by atoms with Crippen LogP contribution >= 0.6 is 0 Å². The molecule has 0 fully saturated rings. The Labute approximate surface area is 168 Å². The molecule has 0 saturated heterocycles. The minimum Gasteiger partial charge on any atom is -0.508 e. The number of benzene rings is 2. The van der Waals surface area contributed by atoms with E-state index >= 15 is 0 Å². The zero-order valence-electron chi connectivity index (χ0n) is 15.4. The van der Waals surface area contributed by atoms with Crippen LogP contribution in [0.2, 0.25) is 0 Å². The molecule has 0 spiro atoms. The summed E-state index contributed by atoms with van der Waals surface area (Å²) >= 11 is 0. The lowest BCUT2D eigenvalue weighted by Gasteiger charge is -2.05. The zero-order valence-corrected chi connectivity index (χ0v) is 15.4. The lowest BCUT2D eigenvalue weighted by Crippen LogP contribution is -2.21. The van der Waals surface area contributed by atoms with Gasteiger partial charge in [-0.3, -0.25) is 4.40 Å². The van der Waals surface area contributed by atoms with Gasteiger partial charge in [0, 0.05) is 30.1 Å². The van der Waals surface area contributed by atoms with Crippen LogP contribution in [0, 0.1) is 0 Å². The predicted octanol–water partition coefficient (Wildman–Crippen LogP) is 4.33. The summed E-state index contributed by atoms with van der Waals surface area (Å²) in [5.74, 6) is -1.79. The Morgan fingerprint density at radius 2 is 1.53 bits per heavy atom. The Hall–Kier alpha value is -3.88. The molecule has 0 aliphatic carbocycles. The highest BCUT2D eigenvalue weighted by molar-refractivity contribution is 5.73. The maximum Gasteiger partial charge on any atom is 0.490 e. The number of carboxylic acid groups (broad SMARTS) is 1. The normalized spacial score (nSPS) is 11.0. The molecule has 154 valence electrons. The minimum atomic E-state index is -5.08. The molecule has 4 rings (SSSR count). The molecule has 2 heterocycles. The van der Waals surface area contributed by atoms with Gasteiger partial charge in [0.1, 0.15) is 5.75 Å². The highest BCUT2D eigenvalue weighted by atomic mass is 19.4. The van der Waals surface area contributed by atoms with Crippen LogP contribution in [0.3, 0.4) is 0 Å². The van der Waals surface area contributed by atoms with E-state index in [2.05, 4.69) is 28.3 Å². The minimum absolute atomic E-state index is 0.278. The van der Waals surface area contributed by atoms with Gasteiger partial charge >= 0.3 is 12.1 Å². The molecule has 6 nitrogen and oxygen atoms in total.